The Morgan fingerprint density at radius 3 is 2.39 bits per heavy atom. The Bertz CT molecular complexity index is 858. The lowest BCUT2D eigenvalue weighted by atomic mass is 10.1. The van der Waals surface area contributed by atoms with Crippen LogP contribution in [0.1, 0.15) is 24.1 Å². The van der Waals surface area contributed by atoms with Gasteiger partial charge in [-0.15, -0.1) is 4.40 Å². The van der Waals surface area contributed by atoms with Gasteiger partial charge < -0.3 is 9.64 Å². The molecule has 1 aliphatic heterocycles. The largest absolute Gasteiger partial charge is 0.497 e. The van der Waals surface area contributed by atoms with Crippen molar-refractivity contribution in [3.05, 3.63) is 59.7 Å². The summed E-state index contributed by atoms with van der Waals surface area (Å²) in [6, 6.07) is 14.6. The van der Waals surface area contributed by atoms with Gasteiger partial charge in [0.1, 0.15) is 10.6 Å². The Balaban J connectivity index is 1.95. The van der Waals surface area contributed by atoms with Gasteiger partial charge in [0.05, 0.1) is 13.2 Å². The van der Waals surface area contributed by atoms with Crippen LogP contribution < -0.4 is 4.74 Å². The van der Waals surface area contributed by atoms with Gasteiger partial charge >= 0.3 is 0 Å². The average Bonchev–Trinajstić information content (AvgIpc) is 2.85. The van der Waals surface area contributed by atoms with E-state index in [1.807, 2.05) is 49.2 Å². The molecule has 23 heavy (non-hydrogen) atoms. The molecular weight excluding hydrogens is 312 g/mol. The maximum atomic E-state index is 12.2. The molecule has 0 bridgehead atoms. The molecule has 3 rings (SSSR count). The third-order valence-electron chi connectivity index (χ3n) is 4.13. The molecule has 5 nitrogen and oxygen atoms in total. The number of nitrogens with zero attached hydrogens (tertiary/aromatic N) is 2. The molecule has 2 aromatic carbocycles. The molecule has 0 saturated heterocycles. The first-order valence-corrected chi connectivity index (χ1v) is 8.69. The van der Waals surface area contributed by atoms with Crippen molar-refractivity contribution >= 4 is 15.9 Å². The molecule has 6 heteroatoms. The van der Waals surface area contributed by atoms with Crippen LogP contribution in [0.5, 0.6) is 5.75 Å². The van der Waals surface area contributed by atoms with Gasteiger partial charge in [-0.05, 0) is 36.8 Å². The quantitative estimate of drug-likeness (QED) is 0.868. The summed E-state index contributed by atoms with van der Waals surface area (Å²) in [6.07, 6.45) is 0. The number of rotatable bonds is 3. The fourth-order valence-corrected chi connectivity index (χ4v) is 3.87. The number of hydrogen-bond acceptors (Lipinski definition) is 4. The number of amidine groups is 1. The van der Waals surface area contributed by atoms with E-state index in [-0.39, 0.29) is 10.9 Å². The van der Waals surface area contributed by atoms with Crippen molar-refractivity contribution < 1.29 is 13.2 Å². The zero-order chi connectivity index (χ0) is 16.6. The van der Waals surface area contributed by atoms with Crippen LogP contribution in [0.3, 0.4) is 0 Å². The third kappa shape index (κ3) is 2.70. The lowest BCUT2D eigenvalue weighted by Gasteiger charge is -2.27. The summed E-state index contributed by atoms with van der Waals surface area (Å²) in [6.45, 7) is 2.01. The van der Waals surface area contributed by atoms with Gasteiger partial charge in [0, 0.05) is 12.6 Å². The average molecular weight is 330 g/mol. The standard InChI is InChI=1S/C17H18N2O3S/c1-12(13-8-10-14(22-3)11-9-13)19(2)17-15-6-4-5-7-16(15)23(20,21)18-17/h4-12H,1-3H3/t12-/m1/s1. The minimum absolute atomic E-state index is 0.0268. The zero-order valence-electron chi connectivity index (χ0n) is 13.2. The first-order valence-electron chi connectivity index (χ1n) is 7.25. The van der Waals surface area contributed by atoms with Crippen LogP contribution in [-0.2, 0) is 10.0 Å². The molecule has 0 aromatic heterocycles. The molecule has 0 radical (unpaired) electrons. The Kier molecular flexibility index (Phi) is 3.85. The van der Waals surface area contributed by atoms with Gasteiger partial charge in [0.2, 0.25) is 0 Å². The maximum Gasteiger partial charge on any atom is 0.285 e. The van der Waals surface area contributed by atoms with Crippen molar-refractivity contribution in [2.75, 3.05) is 14.2 Å². The molecule has 1 heterocycles. The summed E-state index contributed by atoms with van der Waals surface area (Å²) in [5.74, 6) is 1.26. The van der Waals surface area contributed by atoms with Gasteiger partial charge in [0.15, 0.2) is 5.84 Å². The summed E-state index contributed by atoms with van der Waals surface area (Å²) in [4.78, 5) is 2.15. The van der Waals surface area contributed by atoms with E-state index in [0.29, 0.717) is 11.4 Å². The highest BCUT2D eigenvalue weighted by atomic mass is 32.2. The molecule has 0 unspecified atom stereocenters. The van der Waals surface area contributed by atoms with Gasteiger partial charge in [-0.1, -0.05) is 24.3 Å². The highest BCUT2D eigenvalue weighted by molar-refractivity contribution is 7.90. The SMILES string of the molecule is COc1ccc([C@@H](C)N(C)C2=NS(=O)(=O)c3ccccc32)cc1. The molecular formula is C17H18N2O3S. The van der Waals surface area contributed by atoms with Gasteiger partial charge in [-0.25, -0.2) is 0 Å². The smallest absolute Gasteiger partial charge is 0.285 e. The highest BCUT2D eigenvalue weighted by Gasteiger charge is 2.32. The molecule has 0 amide bonds. The van der Waals surface area contributed by atoms with E-state index in [2.05, 4.69) is 4.40 Å². The molecule has 0 saturated carbocycles. The minimum Gasteiger partial charge on any atom is -0.497 e. The highest BCUT2D eigenvalue weighted by Crippen LogP contribution is 2.31. The first kappa shape index (κ1) is 15.6. The number of fused-ring (bicyclic) bond motifs is 1. The summed E-state index contributed by atoms with van der Waals surface area (Å²) in [5, 5.41) is 0. The lowest BCUT2D eigenvalue weighted by molar-refractivity contribution is 0.400. The van der Waals surface area contributed by atoms with E-state index in [0.717, 1.165) is 11.3 Å². The van der Waals surface area contributed by atoms with E-state index in [4.69, 9.17) is 4.74 Å². The fraction of sp³-hybridized carbons (Fsp3) is 0.235. The van der Waals surface area contributed by atoms with Crippen LogP contribution in [0.4, 0.5) is 0 Å². The predicted molar refractivity (Wildman–Crippen MR) is 89.3 cm³/mol. The number of sulfonamides is 1. The number of ether oxygens (including phenoxy) is 1. The minimum atomic E-state index is -3.60. The molecule has 1 atom stereocenters. The van der Waals surface area contributed by atoms with E-state index >= 15 is 0 Å². The zero-order valence-corrected chi connectivity index (χ0v) is 14.0. The second-order valence-corrected chi connectivity index (χ2v) is 7.02. The van der Waals surface area contributed by atoms with E-state index in [1.54, 1.807) is 25.3 Å². The van der Waals surface area contributed by atoms with Crippen LogP contribution in [0.25, 0.3) is 0 Å². The van der Waals surface area contributed by atoms with Crippen LogP contribution in [0.15, 0.2) is 57.8 Å². The molecule has 0 fully saturated rings. The molecule has 2 aromatic rings. The van der Waals surface area contributed by atoms with Crippen LogP contribution in [0.2, 0.25) is 0 Å². The first-order chi connectivity index (χ1) is 10.9. The topological polar surface area (TPSA) is 59.0 Å². The van der Waals surface area contributed by atoms with Gasteiger partial charge in [-0.2, -0.15) is 8.42 Å². The maximum absolute atomic E-state index is 12.2. The van der Waals surface area contributed by atoms with E-state index in [1.165, 1.54) is 0 Å². The Morgan fingerprint density at radius 1 is 1.09 bits per heavy atom. The van der Waals surface area contributed by atoms with Crippen molar-refractivity contribution in [1.29, 1.82) is 0 Å². The predicted octanol–water partition coefficient (Wildman–Crippen LogP) is 2.84. The number of benzene rings is 2. The summed E-state index contributed by atoms with van der Waals surface area (Å²) < 4.78 is 33.5. The van der Waals surface area contributed by atoms with Crippen molar-refractivity contribution in [3.8, 4) is 5.75 Å². The number of methoxy groups -OCH3 is 1. The van der Waals surface area contributed by atoms with Crippen molar-refractivity contribution in [3.63, 3.8) is 0 Å². The third-order valence-corrected chi connectivity index (χ3v) is 5.45. The summed E-state index contributed by atoms with van der Waals surface area (Å²) >= 11 is 0. The molecule has 120 valence electrons. The summed E-state index contributed by atoms with van der Waals surface area (Å²) in [7, 11) is -0.123. The molecule has 0 N–H and O–H groups in total. The normalized spacial score (nSPS) is 16.4. The van der Waals surface area contributed by atoms with Gasteiger partial charge in [0.25, 0.3) is 10.0 Å². The van der Waals surface area contributed by atoms with Crippen LogP contribution in [-0.4, -0.2) is 33.3 Å². The van der Waals surface area contributed by atoms with E-state index < -0.39 is 10.0 Å². The second kappa shape index (κ2) is 5.70. The monoisotopic (exact) mass is 330 g/mol. The fourth-order valence-electron chi connectivity index (χ4n) is 2.63. The van der Waals surface area contributed by atoms with Crippen molar-refractivity contribution in [2.45, 2.75) is 17.9 Å². The second-order valence-electron chi connectivity index (χ2n) is 5.45. The van der Waals surface area contributed by atoms with Crippen LogP contribution >= 0.6 is 0 Å². The summed E-state index contributed by atoms with van der Waals surface area (Å²) in [5.41, 5.74) is 1.70. The Hall–Kier alpha value is -2.34. The van der Waals surface area contributed by atoms with E-state index in [9.17, 15) is 8.42 Å². The Morgan fingerprint density at radius 2 is 1.74 bits per heavy atom. The van der Waals surface area contributed by atoms with Crippen molar-refractivity contribution in [2.24, 2.45) is 4.40 Å². The van der Waals surface area contributed by atoms with Gasteiger partial charge in [-0.3, -0.25) is 0 Å². The van der Waals surface area contributed by atoms with Crippen LogP contribution in [0, 0.1) is 0 Å². The molecule has 0 spiro atoms. The van der Waals surface area contributed by atoms with Crippen molar-refractivity contribution in [1.82, 2.24) is 4.90 Å². The molecule has 0 aliphatic carbocycles. The Labute approximate surface area is 136 Å². The molecule has 1 aliphatic rings. The number of hydrogen-bond donors (Lipinski definition) is 0. The lowest BCUT2D eigenvalue weighted by Crippen LogP contribution is -2.29.